The van der Waals surface area contributed by atoms with Crippen molar-refractivity contribution in [2.24, 2.45) is 0 Å². The summed E-state index contributed by atoms with van der Waals surface area (Å²) in [6, 6.07) is 15.7. The highest BCUT2D eigenvalue weighted by atomic mass is 19.1. The Morgan fingerprint density at radius 2 is 1.76 bits per heavy atom. The van der Waals surface area contributed by atoms with Crippen LogP contribution >= 0.6 is 0 Å². The van der Waals surface area contributed by atoms with Gasteiger partial charge in [-0.1, -0.05) is 18.2 Å². The quantitative estimate of drug-likeness (QED) is 0.878. The van der Waals surface area contributed by atoms with Crippen LogP contribution in [0.5, 0.6) is 0 Å². The largest absolute Gasteiger partial charge is 0.385 e. The van der Waals surface area contributed by atoms with E-state index in [-0.39, 0.29) is 11.7 Å². The standard InChI is InChI=1S/C17H19FN2O/c1-2-20(16-6-4-3-5-7-16)17(21)12-13-19-15-10-8-14(18)9-11-15/h3-11,19H,2,12-13H2,1H3. The molecule has 0 saturated heterocycles. The molecule has 0 spiro atoms. The maximum Gasteiger partial charge on any atom is 0.228 e. The fourth-order valence-corrected chi connectivity index (χ4v) is 2.13. The van der Waals surface area contributed by atoms with Crippen molar-refractivity contribution in [3.8, 4) is 0 Å². The summed E-state index contributed by atoms with van der Waals surface area (Å²) >= 11 is 0. The number of rotatable bonds is 6. The molecule has 0 saturated carbocycles. The van der Waals surface area contributed by atoms with Crippen LogP contribution in [-0.4, -0.2) is 19.0 Å². The van der Waals surface area contributed by atoms with Crippen molar-refractivity contribution in [1.82, 2.24) is 0 Å². The third-order valence-electron chi connectivity index (χ3n) is 3.20. The zero-order chi connectivity index (χ0) is 15.1. The third-order valence-corrected chi connectivity index (χ3v) is 3.20. The summed E-state index contributed by atoms with van der Waals surface area (Å²) in [5, 5.41) is 3.12. The first-order valence-corrected chi connectivity index (χ1v) is 7.05. The number of hydrogen-bond donors (Lipinski definition) is 1. The second-order valence-electron chi connectivity index (χ2n) is 4.66. The van der Waals surface area contributed by atoms with Crippen LogP contribution in [0.3, 0.4) is 0 Å². The summed E-state index contributed by atoms with van der Waals surface area (Å²) in [7, 11) is 0. The Kier molecular flexibility index (Phi) is 5.32. The van der Waals surface area contributed by atoms with Crippen molar-refractivity contribution in [1.29, 1.82) is 0 Å². The zero-order valence-electron chi connectivity index (χ0n) is 12.1. The Morgan fingerprint density at radius 1 is 1.10 bits per heavy atom. The molecule has 4 heteroatoms. The first-order valence-electron chi connectivity index (χ1n) is 7.05. The molecule has 1 amide bonds. The van der Waals surface area contributed by atoms with Crippen LogP contribution in [0.15, 0.2) is 54.6 Å². The van der Waals surface area contributed by atoms with Gasteiger partial charge in [0, 0.05) is 30.9 Å². The highest BCUT2D eigenvalue weighted by Crippen LogP contribution is 2.14. The van der Waals surface area contributed by atoms with E-state index in [2.05, 4.69) is 5.32 Å². The molecular weight excluding hydrogens is 267 g/mol. The lowest BCUT2D eigenvalue weighted by Gasteiger charge is -2.21. The summed E-state index contributed by atoms with van der Waals surface area (Å²) in [5.41, 5.74) is 1.72. The van der Waals surface area contributed by atoms with Gasteiger partial charge in [0.1, 0.15) is 5.82 Å². The van der Waals surface area contributed by atoms with E-state index in [1.54, 1.807) is 17.0 Å². The molecule has 21 heavy (non-hydrogen) atoms. The molecule has 0 heterocycles. The number of carbonyl (C=O) groups is 1. The molecule has 1 N–H and O–H groups in total. The van der Waals surface area contributed by atoms with E-state index >= 15 is 0 Å². The van der Waals surface area contributed by atoms with Gasteiger partial charge in [0.25, 0.3) is 0 Å². The van der Waals surface area contributed by atoms with Gasteiger partial charge in [0.2, 0.25) is 5.91 Å². The van der Waals surface area contributed by atoms with Crippen LogP contribution in [0.4, 0.5) is 15.8 Å². The van der Waals surface area contributed by atoms with E-state index in [4.69, 9.17) is 0 Å². The summed E-state index contributed by atoms with van der Waals surface area (Å²) in [5.74, 6) is -0.198. The number of nitrogens with one attached hydrogen (secondary N) is 1. The van der Waals surface area contributed by atoms with Gasteiger partial charge in [0.15, 0.2) is 0 Å². The van der Waals surface area contributed by atoms with Gasteiger partial charge in [-0.05, 0) is 43.3 Å². The molecule has 2 aromatic carbocycles. The minimum atomic E-state index is -0.266. The number of nitrogens with zero attached hydrogens (tertiary/aromatic N) is 1. The SMILES string of the molecule is CCN(C(=O)CCNc1ccc(F)cc1)c1ccccc1. The first-order chi connectivity index (χ1) is 10.2. The van der Waals surface area contributed by atoms with Crippen molar-refractivity contribution >= 4 is 17.3 Å². The van der Waals surface area contributed by atoms with E-state index in [0.717, 1.165) is 11.4 Å². The molecule has 0 aromatic heterocycles. The van der Waals surface area contributed by atoms with Crippen LogP contribution in [0.25, 0.3) is 0 Å². The average Bonchev–Trinajstić information content (AvgIpc) is 2.51. The molecule has 2 aromatic rings. The summed E-state index contributed by atoms with van der Waals surface area (Å²) in [6.07, 6.45) is 0.389. The van der Waals surface area contributed by atoms with Crippen LogP contribution < -0.4 is 10.2 Å². The molecular formula is C17H19FN2O. The van der Waals surface area contributed by atoms with Crippen LogP contribution in [-0.2, 0) is 4.79 Å². The van der Waals surface area contributed by atoms with Gasteiger partial charge >= 0.3 is 0 Å². The fourth-order valence-electron chi connectivity index (χ4n) is 2.13. The molecule has 0 bridgehead atoms. The average molecular weight is 286 g/mol. The number of hydrogen-bond acceptors (Lipinski definition) is 2. The van der Waals surface area contributed by atoms with Crippen LogP contribution in [0.2, 0.25) is 0 Å². The number of halogens is 1. The van der Waals surface area contributed by atoms with Crippen molar-refractivity contribution in [3.63, 3.8) is 0 Å². The Morgan fingerprint density at radius 3 is 2.38 bits per heavy atom. The Bertz CT molecular complexity index is 569. The smallest absolute Gasteiger partial charge is 0.228 e. The second-order valence-corrected chi connectivity index (χ2v) is 4.66. The second kappa shape index (κ2) is 7.43. The van der Waals surface area contributed by atoms with Crippen LogP contribution in [0.1, 0.15) is 13.3 Å². The maximum atomic E-state index is 12.8. The summed E-state index contributed by atoms with van der Waals surface area (Å²) < 4.78 is 12.8. The van der Waals surface area contributed by atoms with Gasteiger partial charge in [-0.3, -0.25) is 4.79 Å². The third kappa shape index (κ3) is 4.31. The minimum Gasteiger partial charge on any atom is -0.385 e. The molecule has 0 aliphatic carbocycles. The van der Waals surface area contributed by atoms with E-state index in [9.17, 15) is 9.18 Å². The van der Waals surface area contributed by atoms with E-state index in [1.807, 2.05) is 37.3 Å². The fraction of sp³-hybridized carbons (Fsp3) is 0.235. The first kappa shape index (κ1) is 15.0. The molecule has 110 valence electrons. The maximum absolute atomic E-state index is 12.8. The molecule has 0 aliphatic rings. The van der Waals surface area contributed by atoms with E-state index in [1.165, 1.54) is 12.1 Å². The Hall–Kier alpha value is -2.36. The summed E-state index contributed by atoms with van der Waals surface area (Å²) in [4.78, 5) is 14.0. The van der Waals surface area contributed by atoms with Crippen LogP contribution in [0, 0.1) is 5.82 Å². The highest BCUT2D eigenvalue weighted by molar-refractivity contribution is 5.93. The molecule has 3 nitrogen and oxygen atoms in total. The van der Waals surface area contributed by atoms with Crippen molar-refractivity contribution in [2.75, 3.05) is 23.3 Å². The molecule has 0 unspecified atom stereocenters. The number of para-hydroxylation sites is 1. The number of carbonyl (C=O) groups excluding carboxylic acids is 1. The van der Waals surface area contributed by atoms with Crippen molar-refractivity contribution in [3.05, 3.63) is 60.4 Å². The van der Waals surface area contributed by atoms with E-state index in [0.29, 0.717) is 19.5 Å². The lowest BCUT2D eigenvalue weighted by molar-refractivity contribution is -0.118. The van der Waals surface area contributed by atoms with Gasteiger partial charge in [0.05, 0.1) is 0 Å². The lowest BCUT2D eigenvalue weighted by Crippen LogP contribution is -2.31. The van der Waals surface area contributed by atoms with Gasteiger partial charge in [-0.2, -0.15) is 0 Å². The number of amides is 1. The van der Waals surface area contributed by atoms with E-state index < -0.39 is 0 Å². The predicted octanol–water partition coefficient (Wildman–Crippen LogP) is 3.68. The molecule has 0 aliphatic heterocycles. The van der Waals surface area contributed by atoms with Gasteiger partial charge in [-0.25, -0.2) is 4.39 Å². The Labute approximate surface area is 124 Å². The number of benzene rings is 2. The van der Waals surface area contributed by atoms with Crippen molar-refractivity contribution < 1.29 is 9.18 Å². The molecule has 2 rings (SSSR count). The topological polar surface area (TPSA) is 32.3 Å². The lowest BCUT2D eigenvalue weighted by atomic mass is 10.2. The highest BCUT2D eigenvalue weighted by Gasteiger charge is 2.12. The van der Waals surface area contributed by atoms with Crippen molar-refractivity contribution in [2.45, 2.75) is 13.3 Å². The zero-order valence-corrected chi connectivity index (χ0v) is 12.1. The monoisotopic (exact) mass is 286 g/mol. The molecule has 0 radical (unpaired) electrons. The Balaban J connectivity index is 1.87. The normalized spacial score (nSPS) is 10.2. The predicted molar refractivity (Wildman–Crippen MR) is 84.0 cm³/mol. The molecule has 0 fully saturated rings. The number of anilines is 2. The molecule has 0 atom stereocenters. The summed E-state index contributed by atoms with van der Waals surface area (Å²) in [6.45, 7) is 3.12. The van der Waals surface area contributed by atoms with Gasteiger partial charge < -0.3 is 10.2 Å². The minimum absolute atomic E-state index is 0.0679. The van der Waals surface area contributed by atoms with Gasteiger partial charge in [-0.15, -0.1) is 0 Å².